The number of hydrogen-bond acceptors (Lipinski definition) is 7. The van der Waals surface area contributed by atoms with E-state index in [1.54, 1.807) is 17.3 Å². The molecule has 44 heavy (non-hydrogen) atoms. The van der Waals surface area contributed by atoms with Gasteiger partial charge in [-0.2, -0.15) is 4.31 Å². The highest BCUT2D eigenvalue weighted by Gasteiger charge is 2.41. The highest BCUT2D eigenvalue weighted by Crippen LogP contribution is 2.30. The second-order valence-corrected chi connectivity index (χ2v) is 14.0. The number of nitrogens with one attached hydrogen (secondary N) is 1. The minimum absolute atomic E-state index is 0.0616. The topological polar surface area (TPSA) is 155 Å². The molecule has 2 saturated heterocycles. The van der Waals surface area contributed by atoms with E-state index < -0.39 is 34.0 Å². The average Bonchev–Trinajstić information content (AvgIpc) is 3.60. The molecule has 3 aromatic rings. The van der Waals surface area contributed by atoms with Crippen molar-refractivity contribution in [2.24, 2.45) is 5.92 Å². The van der Waals surface area contributed by atoms with E-state index in [1.165, 1.54) is 18.2 Å². The molecule has 15 heteroatoms. The second-order valence-electron chi connectivity index (χ2n) is 11.3. The van der Waals surface area contributed by atoms with Crippen LogP contribution in [0.2, 0.25) is 10.0 Å². The molecule has 0 saturated carbocycles. The quantitative estimate of drug-likeness (QED) is 0.334. The van der Waals surface area contributed by atoms with Crippen LogP contribution in [0.4, 0.5) is 0 Å². The lowest BCUT2D eigenvalue weighted by molar-refractivity contribution is -0.143. The lowest BCUT2D eigenvalue weighted by Crippen LogP contribution is -2.51. The molecule has 5 rings (SSSR count). The van der Waals surface area contributed by atoms with Gasteiger partial charge in [-0.1, -0.05) is 23.2 Å². The minimum Gasteiger partial charge on any atom is -0.480 e. The zero-order chi connectivity index (χ0) is 31.6. The second kappa shape index (κ2) is 13.4. The Morgan fingerprint density at radius 2 is 1.80 bits per heavy atom. The number of aryl methyl sites for hydroxylation is 1. The summed E-state index contributed by atoms with van der Waals surface area (Å²) in [5, 5.41) is 12.5. The number of piperidine rings is 1. The van der Waals surface area contributed by atoms with Crippen molar-refractivity contribution in [1.29, 1.82) is 0 Å². The molecule has 0 radical (unpaired) electrons. The van der Waals surface area contributed by atoms with Crippen molar-refractivity contribution in [1.82, 2.24) is 29.1 Å². The number of likely N-dealkylation sites (tertiary alicyclic amines) is 1. The van der Waals surface area contributed by atoms with Gasteiger partial charge in [-0.05, 0) is 69.2 Å². The molecule has 2 aromatic heterocycles. The van der Waals surface area contributed by atoms with E-state index in [2.05, 4.69) is 19.9 Å². The van der Waals surface area contributed by atoms with Gasteiger partial charge in [0.1, 0.15) is 23.4 Å². The van der Waals surface area contributed by atoms with Crippen molar-refractivity contribution in [3.05, 3.63) is 52.5 Å². The van der Waals surface area contributed by atoms with Crippen LogP contribution in [-0.2, 0) is 31.0 Å². The van der Waals surface area contributed by atoms with Gasteiger partial charge in [0.15, 0.2) is 0 Å². The Morgan fingerprint density at radius 3 is 2.48 bits per heavy atom. The van der Waals surface area contributed by atoms with Crippen molar-refractivity contribution in [3.8, 4) is 0 Å². The molecule has 2 N–H and O–H groups in total. The highest BCUT2D eigenvalue weighted by molar-refractivity contribution is 7.89. The molecule has 12 nitrogen and oxygen atoms in total. The van der Waals surface area contributed by atoms with E-state index in [0.717, 1.165) is 40.5 Å². The van der Waals surface area contributed by atoms with Gasteiger partial charge >= 0.3 is 5.97 Å². The van der Waals surface area contributed by atoms with E-state index in [0.29, 0.717) is 25.4 Å². The number of fused-ring (bicyclic) bond motifs is 1. The van der Waals surface area contributed by atoms with Gasteiger partial charge in [0.25, 0.3) is 0 Å². The molecule has 2 fully saturated rings. The number of aliphatic carboxylic acids is 1. The zero-order valence-corrected chi connectivity index (χ0v) is 26.5. The SMILES string of the molecule is Cc1nc2cnccc2n1CC1CCN(C(=O)CC[C@H](NC(=O)[C@H]2CCCN2S(=O)(=O)c2cc(Cl)cc(Cl)c2)C(=O)O)CC1. The number of amides is 2. The molecule has 2 atom stereocenters. The third-order valence-corrected chi connectivity index (χ3v) is 10.7. The maximum atomic E-state index is 13.3. The Hall–Kier alpha value is -3.26. The molecule has 236 valence electrons. The first kappa shape index (κ1) is 32.1. The Balaban J connectivity index is 1.14. The summed E-state index contributed by atoms with van der Waals surface area (Å²) < 4.78 is 29.8. The lowest BCUT2D eigenvalue weighted by Gasteiger charge is -2.33. The van der Waals surface area contributed by atoms with Crippen LogP contribution < -0.4 is 5.32 Å². The molecule has 1 aromatic carbocycles. The molecule has 0 spiro atoms. The van der Waals surface area contributed by atoms with Crippen molar-refractivity contribution >= 4 is 62.0 Å². The highest BCUT2D eigenvalue weighted by atomic mass is 35.5. The number of sulfonamides is 1. The van der Waals surface area contributed by atoms with Crippen molar-refractivity contribution in [3.63, 3.8) is 0 Å². The summed E-state index contributed by atoms with van der Waals surface area (Å²) in [6.45, 7) is 3.96. The number of carbonyl (C=O) groups is 3. The summed E-state index contributed by atoms with van der Waals surface area (Å²) in [4.78, 5) is 48.5. The monoisotopic (exact) mass is 664 g/mol. The van der Waals surface area contributed by atoms with Gasteiger partial charge < -0.3 is 19.9 Å². The summed E-state index contributed by atoms with van der Waals surface area (Å²) in [5.74, 6) is -0.916. The van der Waals surface area contributed by atoms with Crippen LogP contribution in [-0.4, -0.2) is 86.8 Å². The van der Waals surface area contributed by atoms with Gasteiger partial charge in [-0.3, -0.25) is 14.6 Å². The predicted octanol–water partition coefficient (Wildman–Crippen LogP) is 3.49. The summed E-state index contributed by atoms with van der Waals surface area (Å²) in [7, 11) is -4.12. The third-order valence-electron chi connectivity index (χ3n) is 8.36. The zero-order valence-electron chi connectivity index (χ0n) is 24.2. The number of nitrogens with zero attached hydrogens (tertiary/aromatic N) is 5. The van der Waals surface area contributed by atoms with Crippen molar-refractivity contribution < 1.29 is 27.9 Å². The summed E-state index contributed by atoms with van der Waals surface area (Å²) in [5.41, 5.74) is 1.89. The predicted molar refractivity (Wildman–Crippen MR) is 164 cm³/mol. The number of rotatable bonds is 10. The standard InChI is InChI=1S/C29H34Cl2N6O6S/c1-18-33-24-16-32-9-6-25(24)36(18)17-19-7-11-35(12-8-19)27(38)5-4-23(29(40)41)34-28(39)26-3-2-10-37(26)44(42,43)22-14-20(30)13-21(31)15-22/h6,9,13-16,19,23,26H,2-5,7-8,10-12,17H2,1H3,(H,34,39)(H,40,41)/t23-,26+/m0/s1. The molecule has 2 aliphatic rings. The first-order valence-corrected chi connectivity index (χ1v) is 16.7. The summed E-state index contributed by atoms with van der Waals surface area (Å²) >= 11 is 12.0. The Bertz CT molecular complexity index is 1650. The molecule has 2 amide bonds. The largest absolute Gasteiger partial charge is 0.480 e. The fraction of sp³-hybridized carbons (Fsp3) is 0.483. The van der Waals surface area contributed by atoms with Crippen LogP contribution in [0.25, 0.3) is 11.0 Å². The smallest absolute Gasteiger partial charge is 0.326 e. The Morgan fingerprint density at radius 1 is 1.09 bits per heavy atom. The van der Waals surface area contributed by atoms with Crippen LogP contribution in [0.15, 0.2) is 41.6 Å². The normalized spacial score (nSPS) is 18.9. The van der Waals surface area contributed by atoms with Gasteiger partial charge in [-0.25, -0.2) is 18.2 Å². The van der Waals surface area contributed by atoms with Crippen LogP contribution in [0.3, 0.4) is 0 Å². The molecule has 4 heterocycles. The fourth-order valence-electron chi connectivity index (χ4n) is 6.01. The number of carboxylic acid groups (broad SMARTS) is 1. The first-order valence-electron chi connectivity index (χ1n) is 14.5. The van der Waals surface area contributed by atoms with E-state index in [1.807, 2.05) is 13.0 Å². The number of aromatic nitrogens is 3. The molecule has 0 bridgehead atoms. The number of imidazole rings is 1. The third kappa shape index (κ3) is 7.01. The van der Waals surface area contributed by atoms with Gasteiger partial charge in [0.2, 0.25) is 21.8 Å². The van der Waals surface area contributed by atoms with Crippen molar-refractivity contribution in [2.45, 2.75) is 69.0 Å². The Labute approximate surface area is 265 Å². The minimum atomic E-state index is -4.12. The molecule has 2 aliphatic heterocycles. The molecule has 0 unspecified atom stereocenters. The molecular formula is C29H34Cl2N6O6S. The number of halogens is 2. The number of hydrogen-bond donors (Lipinski definition) is 2. The molecular weight excluding hydrogens is 631 g/mol. The maximum absolute atomic E-state index is 13.3. The van der Waals surface area contributed by atoms with Gasteiger partial charge in [-0.15, -0.1) is 0 Å². The van der Waals surface area contributed by atoms with Crippen LogP contribution in [0.1, 0.15) is 44.3 Å². The fourth-order valence-corrected chi connectivity index (χ4v) is 8.39. The van der Waals surface area contributed by atoms with Crippen LogP contribution in [0, 0.1) is 12.8 Å². The van der Waals surface area contributed by atoms with Gasteiger partial charge in [0.05, 0.1) is 16.6 Å². The van der Waals surface area contributed by atoms with E-state index in [4.69, 9.17) is 23.2 Å². The molecule has 0 aliphatic carbocycles. The number of benzene rings is 1. The number of carboxylic acids is 1. The number of pyridine rings is 1. The van der Waals surface area contributed by atoms with E-state index in [9.17, 15) is 27.9 Å². The van der Waals surface area contributed by atoms with E-state index in [-0.39, 0.29) is 46.7 Å². The maximum Gasteiger partial charge on any atom is 0.326 e. The summed E-state index contributed by atoms with van der Waals surface area (Å²) in [6, 6.07) is 3.42. The van der Waals surface area contributed by atoms with Crippen LogP contribution in [0.5, 0.6) is 0 Å². The van der Waals surface area contributed by atoms with Gasteiger partial charge in [0, 0.05) is 48.8 Å². The summed E-state index contributed by atoms with van der Waals surface area (Å²) in [6.07, 6.45) is 5.58. The van der Waals surface area contributed by atoms with Crippen molar-refractivity contribution in [2.75, 3.05) is 19.6 Å². The Kier molecular flexibility index (Phi) is 9.78. The van der Waals surface area contributed by atoms with Crippen LogP contribution >= 0.6 is 23.2 Å². The average molecular weight is 666 g/mol. The van der Waals surface area contributed by atoms with E-state index >= 15 is 0 Å². The first-order chi connectivity index (χ1) is 20.9. The lowest BCUT2D eigenvalue weighted by atomic mass is 9.96. The number of carbonyl (C=O) groups excluding carboxylic acids is 2.